The average molecular weight is 331 g/mol. The smallest absolute Gasteiger partial charge is 0.363 e. The number of ether oxygens (including phenoxy) is 1. The fourth-order valence-corrected chi connectivity index (χ4v) is 2.85. The quantitative estimate of drug-likeness (QED) is 0.528. The second-order valence-electron chi connectivity index (χ2n) is 4.58. The van der Waals surface area contributed by atoms with E-state index in [1.165, 1.54) is 11.3 Å². The molecule has 2 aromatic heterocycles. The Kier molecular flexibility index (Phi) is 4.18. The van der Waals surface area contributed by atoms with Crippen LogP contribution in [-0.4, -0.2) is 15.9 Å². The molecule has 3 aromatic rings. The number of rotatable bonds is 3. The first kappa shape index (κ1) is 14.7. The van der Waals surface area contributed by atoms with E-state index in [0.717, 1.165) is 11.3 Å². The van der Waals surface area contributed by atoms with E-state index in [0.29, 0.717) is 15.8 Å². The summed E-state index contributed by atoms with van der Waals surface area (Å²) in [6, 6.07) is 10.8. The van der Waals surface area contributed by atoms with Crippen molar-refractivity contribution in [2.24, 2.45) is 0 Å². The van der Waals surface area contributed by atoms with Gasteiger partial charge in [0.15, 0.2) is 5.69 Å². The van der Waals surface area contributed by atoms with Gasteiger partial charge in [-0.3, -0.25) is 4.98 Å². The second kappa shape index (κ2) is 6.25. The van der Waals surface area contributed by atoms with Gasteiger partial charge in [-0.2, -0.15) is 0 Å². The second-order valence-corrected chi connectivity index (χ2v) is 5.84. The van der Waals surface area contributed by atoms with Gasteiger partial charge in [-0.25, -0.2) is 9.78 Å². The molecular formula is C16H11ClN2O2S. The maximum absolute atomic E-state index is 12.1. The number of nitrogens with zero attached hydrogens (tertiary/aromatic N) is 2. The molecule has 0 aliphatic carbocycles. The molecule has 22 heavy (non-hydrogen) atoms. The molecule has 0 N–H and O–H groups in total. The molecule has 0 fully saturated rings. The number of thiazole rings is 1. The molecule has 6 heteroatoms. The highest BCUT2D eigenvalue weighted by Crippen LogP contribution is 2.27. The van der Waals surface area contributed by atoms with Gasteiger partial charge < -0.3 is 4.74 Å². The van der Waals surface area contributed by atoms with Crippen molar-refractivity contribution in [1.82, 2.24) is 9.97 Å². The Labute approximate surface area is 136 Å². The fraction of sp³-hybridized carbons (Fsp3) is 0.0625. The van der Waals surface area contributed by atoms with Crippen molar-refractivity contribution in [3.05, 3.63) is 64.3 Å². The lowest BCUT2D eigenvalue weighted by atomic mass is 10.2. The summed E-state index contributed by atoms with van der Waals surface area (Å²) in [4.78, 5) is 20.6. The van der Waals surface area contributed by atoms with E-state index in [1.807, 2.05) is 31.2 Å². The third-order valence-electron chi connectivity index (χ3n) is 2.89. The lowest BCUT2D eigenvalue weighted by molar-refractivity contribution is 0.0729. The number of aromatic nitrogens is 2. The van der Waals surface area contributed by atoms with Gasteiger partial charge >= 0.3 is 5.97 Å². The SMILES string of the molecule is Cc1ccc(OC(=O)c2csc(-c3ccccn3)n2)c(Cl)c1. The first-order chi connectivity index (χ1) is 10.6. The van der Waals surface area contributed by atoms with Gasteiger partial charge in [-0.05, 0) is 36.8 Å². The van der Waals surface area contributed by atoms with Gasteiger partial charge in [-0.1, -0.05) is 23.7 Å². The van der Waals surface area contributed by atoms with Crippen molar-refractivity contribution in [3.63, 3.8) is 0 Å². The Morgan fingerprint density at radius 3 is 2.86 bits per heavy atom. The van der Waals surface area contributed by atoms with Crippen LogP contribution >= 0.6 is 22.9 Å². The molecule has 0 saturated heterocycles. The van der Waals surface area contributed by atoms with Crippen LogP contribution in [-0.2, 0) is 0 Å². The summed E-state index contributed by atoms with van der Waals surface area (Å²) < 4.78 is 5.29. The highest BCUT2D eigenvalue weighted by Gasteiger charge is 2.16. The number of hydrogen-bond donors (Lipinski definition) is 0. The molecular weight excluding hydrogens is 320 g/mol. The van der Waals surface area contributed by atoms with E-state index in [-0.39, 0.29) is 5.69 Å². The number of pyridine rings is 1. The molecule has 0 aliphatic rings. The molecule has 0 saturated carbocycles. The van der Waals surface area contributed by atoms with E-state index >= 15 is 0 Å². The summed E-state index contributed by atoms with van der Waals surface area (Å²) >= 11 is 7.40. The average Bonchev–Trinajstić information content (AvgIpc) is 3.01. The summed E-state index contributed by atoms with van der Waals surface area (Å²) in [5.41, 5.74) is 1.96. The third kappa shape index (κ3) is 3.16. The summed E-state index contributed by atoms with van der Waals surface area (Å²) in [6.07, 6.45) is 1.68. The molecule has 0 aliphatic heterocycles. The van der Waals surface area contributed by atoms with Gasteiger partial charge in [0, 0.05) is 11.6 Å². The van der Waals surface area contributed by atoms with Crippen molar-refractivity contribution >= 4 is 28.9 Å². The van der Waals surface area contributed by atoms with Gasteiger partial charge in [-0.15, -0.1) is 11.3 Å². The molecule has 2 heterocycles. The number of carbonyl (C=O) groups is 1. The third-order valence-corrected chi connectivity index (χ3v) is 4.05. The number of hydrogen-bond acceptors (Lipinski definition) is 5. The maximum Gasteiger partial charge on any atom is 0.363 e. The van der Waals surface area contributed by atoms with Gasteiger partial charge in [0.05, 0.1) is 10.7 Å². The normalized spacial score (nSPS) is 10.5. The summed E-state index contributed by atoms with van der Waals surface area (Å²) in [7, 11) is 0. The zero-order chi connectivity index (χ0) is 15.5. The van der Waals surface area contributed by atoms with Crippen molar-refractivity contribution in [3.8, 4) is 16.5 Å². The zero-order valence-electron chi connectivity index (χ0n) is 11.6. The number of aryl methyl sites for hydroxylation is 1. The van der Waals surface area contributed by atoms with Crippen LogP contribution in [0.4, 0.5) is 0 Å². The standard InChI is InChI=1S/C16H11ClN2O2S/c1-10-5-6-14(11(17)8-10)21-16(20)13-9-22-15(19-13)12-4-2-3-7-18-12/h2-9H,1H3. The number of benzene rings is 1. The molecule has 0 spiro atoms. The Morgan fingerprint density at radius 1 is 1.27 bits per heavy atom. The minimum absolute atomic E-state index is 0.238. The summed E-state index contributed by atoms with van der Waals surface area (Å²) in [5.74, 6) is -0.214. The van der Waals surface area contributed by atoms with E-state index in [1.54, 1.807) is 23.7 Å². The van der Waals surface area contributed by atoms with E-state index in [9.17, 15) is 4.79 Å². The van der Waals surface area contributed by atoms with Crippen LogP contribution in [0.5, 0.6) is 5.75 Å². The fourth-order valence-electron chi connectivity index (χ4n) is 1.82. The molecule has 0 bridgehead atoms. The van der Waals surface area contributed by atoms with Crippen molar-refractivity contribution in [2.75, 3.05) is 0 Å². The Hall–Kier alpha value is -2.24. The van der Waals surface area contributed by atoms with Gasteiger partial charge in [0.1, 0.15) is 10.8 Å². The Morgan fingerprint density at radius 2 is 2.14 bits per heavy atom. The highest BCUT2D eigenvalue weighted by atomic mass is 35.5. The molecule has 1 aromatic carbocycles. The zero-order valence-corrected chi connectivity index (χ0v) is 13.2. The largest absolute Gasteiger partial charge is 0.420 e. The van der Waals surface area contributed by atoms with Crippen LogP contribution in [0.2, 0.25) is 5.02 Å². The van der Waals surface area contributed by atoms with Crippen LogP contribution in [0, 0.1) is 6.92 Å². The predicted molar refractivity (Wildman–Crippen MR) is 86.5 cm³/mol. The molecule has 0 radical (unpaired) electrons. The van der Waals surface area contributed by atoms with E-state index < -0.39 is 5.97 Å². The molecule has 4 nitrogen and oxygen atoms in total. The summed E-state index contributed by atoms with van der Waals surface area (Å²) in [5, 5.41) is 2.71. The van der Waals surface area contributed by atoms with Crippen molar-refractivity contribution in [2.45, 2.75) is 6.92 Å². The van der Waals surface area contributed by atoms with Crippen LogP contribution in [0.3, 0.4) is 0 Å². The van der Waals surface area contributed by atoms with Crippen LogP contribution in [0.25, 0.3) is 10.7 Å². The van der Waals surface area contributed by atoms with E-state index in [2.05, 4.69) is 9.97 Å². The maximum atomic E-state index is 12.1. The molecule has 3 rings (SSSR count). The summed E-state index contributed by atoms with van der Waals surface area (Å²) in [6.45, 7) is 1.91. The Balaban J connectivity index is 1.80. The first-order valence-electron chi connectivity index (χ1n) is 6.49. The van der Waals surface area contributed by atoms with Gasteiger partial charge in [0.25, 0.3) is 0 Å². The molecule has 110 valence electrons. The molecule has 0 amide bonds. The lowest BCUT2D eigenvalue weighted by Crippen LogP contribution is -2.09. The highest BCUT2D eigenvalue weighted by molar-refractivity contribution is 7.13. The minimum atomic E-state index is -0.538. The number of carbonyl (C=O) groups excluding carboxylic acids is 1. The van der Waals surface area contributed by atoms with Crippen molar-refractivity contribution in [1.29, 1.82) is 0 Å². The van der Waals surface area contributed by atoms with Gasteiger partial charge in [0.2, 0.25) is 0 Å². The van der Waals surface area contributed by atoms with Crippen LogP contribution < -0.4 is 4.74 Å². The lowest BCUT2D eigenvalue weighted by Gasteiger charge is -2.05. The van der Waals surface area contributed by atoms with Crippen LogP contribution in [0.15, 0.2) is 48.0 Å². The molecule has 0 atom stereocenters. The van der Waals surface area contributed by atoms with Crippen LogP contribution in [0.1, 0.15) is 16.1 Å². The number of halogens is 1. The minimum Gasteiger partial charge on any atom is -0.420 e. The topological polar surface area (TPSA) is 52.1 Å². The monoisotopic (exact) mass is 330 g/mol. The predicted octanol–water partition coefficient (Wildman–Crippen LogP) is 4.39. The van der Waals surface area contributed by atoms with Crippen molar-refractivity contribution < 1.29 is 9.53 Å². The Bertz CT molecular complexity index is 818. The van der Waals surface area contributed by atoms with E-state index in [4.69, 9.17) is 16.3 Å². The first-order valence-corrected chi connectivity index (χ1v) is 7.74. The molecule has 0 unspecified atom stereocenters. The number of esters is 1.